The highest BCUT2D eigenvalue weighted by atomic mass is 35.5. The van der Waals surface area contributed by atoms with Crippen LogP contribution in [-0.2, 0) is 11.4 Å². The summed E-state index contributed by atoms with van der Waals surface area (Å²) >= 11 is 6.83. The van der Waals surface area contributed by atoms with Gasteiger partial charge in [0.05, 0.1) is 12.0 Å². The topological polar surface area (TPSA) is 129 Å². The van der Waals surface area contributed by atoms with Gasteiger partial charge in [0.2, 0.25) is 5.91 Å². The van der Waals surface area contributed by atoms with Gasteiger partial charge in [-0.05, 0) is 47.5 Å². The number of hydrogen-bond acceptors (Lipinski definition) is 7. The smallest absolute Gasteiger partial charge is 0.342 e. The number of nitrogens with one attached hydrogen (secondary N) is 3. The Morgan fingerprint density at radius 3 is 2.77 bits per heavy atom. The van der Waals surface area contributed by atoms with E-state index in [1.165, 1.54) is 6.21 Å². The van der Waals surface area contributed by atoms with Crippen molar-refractivity contribution in [3.63, 3.8) is 0 Å². The summed E-state index contributed by atoms with van der Waals surface area (Å²) in [4.78, 5) is 36.2. The van der Waals surface area contributed by atoms with Gasteiger partial charge in [0.15, 0.2) is 5.03 Å². The van der Waals surface area contributed by atoms with E-state index in [1.807, 2.05) is 23.2 Å². The van der Waals surface area contributed by atoms with E-state index in [0.29, 0.717) is 17.4 Å². The number of carbonyl (C=O) groups is 1. The van der Waals surface area contributed by atoms with Gasteiger partial charge in [-0.1, -0.05) is 35.5 Å². The second kappa shape index (κ2) is 10.4. The van der Waals surface area contributed by atoms with Crippen LogP contribution in [0.25, 0.3) is 0 Å². The minimum Gasteiger partial charge on any atom is -0.489 e. The van der Waals surface area contributed by atoms with E-state index in [-0.39, 0.29) is 10.8 Å². The third kappa shape index (κ3) is 6.61. The van der Waals surface area contributed by atoms with Crippen LogP contribution in [0, 0.1) is 0 Å². The number of aromatic amines is 2. The summed E-state index contributed by atoms with van der Waals surface area (Å²) in [5, 5.41) is 10.2. The molecule has 1 amide bonds. The number of halogens is 1. The highest BCUT2D eigenvalue weighted by molar-refractivity contribution is 7.99. The fourth-order valence-electron chi connectivity index (χ4n) is 2.22. The van der Waals surface area contributed by atoms with Gasteiger partial charge >= 0.3 is 5.69 Å². The van der Waals surface area contributed by atoms with Gasteiger partial charge < -0.3 is 4.74 Å². The molecule has 0 aliphatic rings. The molecule has 0 fully saturated rings. The van der Waals surface area contributed by atoms with Crippen LogP contribution >= 0.6 is 23.4 Å². The fourth-order valence-corrected chi connectivity index (χ4v) is 3.06. The van der Waals surface area contributed by atoms with Crippen LogP contribution in [0.3, 0.4) is 0 Å². The van der Waals surface area contributed by atoms with Crippen molar-refractivity contribution >= 4 is 35.5 Å². The van der Waals surface area contributed by atoms with Crippen LogP contribution in [0.5, 0.6) is 5.75 Å². The lowest BCUT2D eigenvalue weighted by Crippen LogP contribution is -2.26. The van der Waals surface area contributed by atoms with Gasteiger partial charge in [-0.25, -0.2) is 15.3 Å². The number of ether oxygens (including phenoxy) is 1. The van der Waals surface area contributed by atoms with Crippen molar-refractivity contribution < 1.29 is 9.53 Å². The number of hydrogen-bond donors (Lipinski definition) is 3. The van der Waals surface area contributed by atoms with Crippen LogP contribution in [0.4, 0.5) is 0 Å². The van der Waals surface area contributed by atoms with E-state index in [2.05, 4.69) is 20.7 Å². The summed E-state index contributed by atoms with van der Waals surface area (Å²) in [7, 11) is 0. The van der Waals surface area contributed by atoms with Crippen molar-refractivity contribution in [2.75, 3.05) is 5.75 Å². The van der Waals surface area contributed by atoms with Crippen molar-refractivity contribution in [2.45, 2.75) is 11.6 Å². The van der Waals surface area contributed by atoms with Crippen LogP contribution in [0.1, 0.15) is 11.1 Å². The van der Waals surface area contributed by atoms with Crippen LogP contribution in [0.2, 0.25) is 5.02 Å². The Labute approximate surface area is 179 Å². The second-order valence-electron chi connectivity index (χ2n) is 5.88. The molecule has 0 bridgehead atoms. The zero-order valence-electron chi connectivity index (χ0n) is 15.4. The number of aromatic nitrogens is 3. The predicted molar refractivity (Wildman–Crippen MR) is 114 cm³/mol. The summed E-state index contributed by atoms with van der Waals surface area (Å²) in [5.74, 6) is 0.173. The first-order valence-electron chi connectivity index (χ1n) is 8.60. The quantitative estimate of drug-likeness (QED) is 0.276. The second-order valence-corrected chi connectivity index (χ2v) is 7.28. The van der Waals surface area contributed by atoms with Gasteiger partial charge in [-0.3, -0.25) is 14.6 Å². The Morgan fingerprint density at radius 2 is 2.03 bits per heavy atom. The predicted octanol–water partition coefficient (Wildman–Crippen LogP) is 1.93. The number of hydrazone groups is 1. The van der Waals surface area contributed by atoms with Crippen LogP contribution in [0.15, 0.2) is 68.2 Å². The van der Waals surface area contributed by atoms with E-state index in [4.69, 9.17) is 16.3 Å². The van der Waals surface area contributed by atoms with E-state index < -0.39 is 17.2 Å². The number of benzene rings is 2. The number of carbonyl (C=O) groups excluding carboxylic acids is 1. The third-order valence-corrected chi connectivity index (χ3v) is 4.79. The highest BCUT2D eigenvalue weighted by Gasteiger charge is 2.07. The maximum absolute atomic E-state index is 11.8. The van der Waals surface area contributed by atoms with Gasteiger partial charge in [-0.2, -0.15) is 10.2 Å². The third-order valence-electron chi connectivity index (χ3n) is 3.60. The fraction of sp³-hybridized carbons (Fsp3) is 0.105. The molecule has 0 unspecified atom stereocenters. The molecule has 0 aliphatic heterocycles. The molecule has 0 atom stereocenters. The van der Waals surface area contributed by atoms with E-state index in [9.17, 15) is 14.4 Å². The molecule has 0 saturated heterocycles. The van der Waals surface area contributed by atoms with Crippen molar-refractivity contribution in [1.29, 1.82) is 0 Å². The molecule has 3 N–H and O–H groups in total. The lowest BCUT2D eigenvalue weighted by Gasteiger charge is -2.06. The lowest BCUT2D eigenvalue weighted by molar-refractivity contribution is -0.118. The molecule has 3 aromatic rings. The molecule has 1 heterocycles. The average molecular weight is 446 g/mol. The molecular formula is C19H16ClN5O4S. The zero-order valence-corrected chi connectivity index (χ0v) is 17.0. The van der Waals surface area contributed by atoms with Crippen LogP contribution < -0.4 is 21.4 Å². The Hall–Kier alpha value is -3.37. The summed E-state index contributed by atoms with van der Waals surface area (Å²) < 4.78 is 5.70. The van der Waals surface area contributed by atoms with Crippen molar-refractivity contribution in [2.24, 2.45) is 5.10 Å². The molecule has 30 heavy (non-hydrogen) atoms. The Bertz CT molecular complexity index is 1160. The van der Waals surface area contributed by atoms with E-state index in [0.717, 1.165) is 22.9 Å². The number of thioether (sulfide) groups is 1. The largest absolute Gasteiger partial charge is 0.489 e. The monoisotopic (exact) mass is 445 g/mol. The maximum atomic E-state index is 11.8. The minimum absolute atomic E-state index is 0.0120. The molecule has 9 nitrogen and oxygen atoms in total. The van der Waals surface area contributed by atoms with Gasteiger partial charge in [0, 0.05) is 5.02 Å². The lowest BCUT2D eigenvalue weighted by atomic mass is 10.2. The Balaban J connectivity index is 1.44. The number of amides is 1. The number of nitrogens with zero attached hydrogens (tertiary/aromatic N) is 2. The zero-order chi connectivity index (χ0) is 21.3. The molecular weight excluding hydrogens is 430 g/mol. The molecule has 11 heteroatoms. The van der Waals surface area contributed by atoms with Gasteiger partial charge in [-0.15, -0.1) is 0 Å². The van der Waals surface area contributed by atoms with Crippen molar-refractivity contribution in [3.8, 4) is 5.75 Å². The molecule has 3 rings (SSSR count). The maximum Gasteiger partial charge on any atom is 0.342 e. The summed E-state index contributed by atoms with van der Waals surface area (Å²) in [5.41, 5.74) is 2.72. The molecule has 0 radical (unpaired) electrons. The summed E-state index contributed by atoms with van der Waals surface area (Å²) in [6.45, 7) is 0.398. The molecule has 2 aromatic carbocycles. The Kier molecular flexibility index (Phi) is 7.41. The van der Waals surface area contributed by atoms with Gasteiger partial charge in [0.1, 0.15) is 12.4 Å². The first-order chi connectivity index (χ1) is 14.5. The minimum atomic E-state index is -0.709. The first-order valence-corrected chi connectivity index (χ1v) is 9.97. The molecule has 0 saturated carbocycles. The van der Waals surface area contributed by atoms with Crippen molar-refractivity contribution in [1.82, 2.24) is 20.6 Å². The number of H-pyrrole nitrogens is 2. The van der Waals surface area contributed by atoms with Crippen molar-refractivity contribution in [3.05, 3.63) is 85.5 Å². The SMILES string of the molecule is O=C(CSc1n[nH]c(=O)[nH]c1=O)N/N=C/c1ccc(OCc2cccc(Cl)c2)cc1. The van der Waals surface area contributed by atoms with Gasteiger partial charge in [0.25, 0.3) is 5.56 Å². The average Bonchev–Trinajstić information content (AvgIpc) is 2.73. The molecule has 154 valence electrons. The van der Waals surface area contributed by atoms with Crippen LogP contribution in [-0.4, -0.2) is 33.1 Å². The highest BCUT2D eigenvalue weighted by Crippen LogP contribution is 2.16. The Morgan fingerprint density at radius 1 is 1.23 bits per heavy atom. The normalized spacial score (nSPS) is 10.8. The van der Waals surface area contributed by atoms with E-state index in [1.54, 1.807) is 30.3 Å². The summed E-state index contributed by atoms with van der Waals surface area (Å²) in [6, 6.07) is 14.6. The first kappa shape index (κ1) is 21.3. The molecule has 0 spiro atoms. The molecule has 0 aliphatic carbocycles. The van der Waals surface area contributed by atoms with E-state index >= 15 is 0 Å². The summed E-state index contributed by atoms with van der Waals surface area (Å²) in [6.07, 6.45) is 1.48. The standard InChI is InChI=1S/C19H16ClN5O4S/c20-14-3-1-2-13(8-14)10-29-15-6-4-12(5-7-15)9-21-23-16(26)11-30-18-17(27)22-19(28)25-24-18/h1-9H,10-11H2,(H,23,26)(H2,22,25,27,28)/b21-9+. The molecule has 1 aromatic heterocycles. The number of rotatable bonds is 8.